The summed E-state index contributed by atoms with van der Waals surface area (Å²) in [5.74, 6) is 0. The minimum atomic E-state index is -0.134. The standard InChI is InChI=1S/C12H13N3O/c13-7-9-2-1-3-10(6-9)8-14-12(16)15-11-4-5-11/h1-3,6,11H,4-5,8H2,(H2,14,15,16). The SMILES string of the molecule is N#Cc1cccc(CNC(=O)NC2CC2)c1. The van der Waals surface area contributed by atoms with Crippen LogP contribution in [0.1, 0.15) is 24.0 Å². The Morgan fingerprint density at radius 3 is 3.00 bits per heavy atom. The topological polar surface area (TPSA) is 64.9 Å². The quantitative estimate of drug-likeness (QED) is 0.802. The van der Waals surface area contributed by atoms with Crippen molar-refractivity contribution in [2.75, 3.05) is 0 Å². The molecule has 0 spiro atoms. The number of urea groups is 1. The van der Waals surface area contributed by atoms with E-state index >= 15 is 0 Å². The Balaban J connectivity index is 1.83. The van der Waals surface area contributed by atoms with Crippen LogP contribution in [0.2, 0.25) is 0 Å². The van der Waals surface area contributed by atoms with Gasteiger partial charge in [-0.3, -0.25) is 0 Å². The van der Waals surface area contributed by atoms with Gasteiger partial charge in [-0.1, -0.05) is 12.1 Å². The molecule has 0 bridgehead atoms. The first-order valence-corrected chi connectivity index (χ1v) is 5.31. The minimum absolute atomic E-state index is 0.134. The summed E-state index contributed by atoms with van der Waals surface area (Å²) in [5, 5.41) is 14.3. The van der Waals surface area contributed by atoms with E-state index in [1.54, 1.807) is 12.1 Å². The van der Waals surface area contributed by atoms with Gasteiger partial charge >= 0.3 is 6.03 Å². The maximum atomic E-state index is 11.3. The van der Waals surface area contributed by atoms with E-state index in [0.29, 0.717) is 18.2 Å². The largest absolute Gasteiger partial charge is 0.335 e. The number of carbonyl (C=O) groups is 1. The summed E-state index contributed by atoms with van der Waals surface area (Å²) in [6.07, 6.45) is 2.16. The molecule has 0 heterocycles. The Morgan fingerprint density at radius 1 is 1.50 bits per heavy atom. The van der Waals surface area contributed by atoms with E-state index in [1.807, 2.05) is 12.1 Å². The van der Waals surface area contributed by atoms with Crippen molar-refractivity contribution in [2.45, 2.75) is 25.4 Å². The van der Waals surface area contributed by atoms with Gasteiger partial charge in [0.25, 0.3) is 0 Å². The molecule has 1 aromatic carbocycles. The van der Waals surface area contributed by atoms with Crippen molar-refractivity contribution in [1.82, 2.24) is 10.6 Å². The van der Waals surface area contributed by atoms with Crippen LogP contribution in [-0.2, 0) is 6.54 Å². The van der Waals surface area contributed by atoms with E-state index in [1.165, 1.54) is 0 Å². The second kappa shape index (κ2) is 4.67. The van der Waals surface area contributed by atoms with Crippen LogP contribution in [-0.4, -0.2) is 12.1 Å². The third kappa shape index (κ3) is 2.99. The van der Waals surface area contributed by atoms with Crippen molar-refractivity contribution in [3.63, 3.8) is 0 Å². The number of nitriles is 1. The van der Waals surface area contributed by atoms with Crippen molar-refractivity contribution in [3.8, 4) is 6.07 Å². The number of hydrogen-bond acceptors (Lipinski definition) is 2. The van der Waals surface area contributed by atoms with Gasteiger partial charge in [-0.15, -0.1) is 0 Å². The molecule has 0 atom stereocenters. The van der Waals surface area contributed by atoms with E-state index in [0.717, 1.165) is 18.4 Å². The summed E-state index contributed by atoms with van der Waals surface area (Å²) in [6.45, 7) is 0.452. The molecule has 0 unspecified atom stereocenters. The highest BCUT2D eigenvalue weighted by molar-refractivity contribution is 5.74. The van der Waals surface area contributed by atoms with Crippen LogP contribution >= 0.6 is 0 Å². The Bertz CT molecular complexity index is 432. The van der Waals surface area contributed by atoms with Crippen LogP contribution in [0.15, 0.2) is 24.3 Å². The Morgan fingerprint density at radius 2 is 2.31 bits per heavy atom. The number of hydrogen-bond donors (Lipinski definition) is 2. The molecule has 1 aromatic rings. The summed E-state index contributed by atoms with van der Waals surface area (Å²) in [5.41, 5.74) is 1.55. The summed E-state index contributed by atoms with van der Waals surface area (Å²) in [7, 11) is 0. The van der Waals surface area contributed by atoms with Crippen LogP contribution in [0, 0.1) is 11.3 Å². The Labute approximate surface area is 94.3 Å². The normalized spacial score (nSPS) is 13.9. The molecule has 1 aliphatic carbocycles. The summed E-state index contributed by atoms with van der Waals surface area (Å²) in [6, 6.07) is 9.52. The van der Waals surface area contributed by atoms with Crippen LogP contribution in [0.25, 0.3) is 0 Å². The van der Waals surface area contributed by atoms with Crippen LogP contribution in [0.5, 0.6) is 0 Å². The van der Waals surface area contributed by atoms with E-state index in [2.05, 4.69) is 16.7 Å². The number of carbonyl (C=O) groups excluding carboxylic acids is 1. The first kappa shape index (κ1) is 10.5. The molecule has 0 aromatic heterocycles. The van der Waals surface area contributed by atoms with E-state index in [4.69, 9.17) is 5.26 Å². The van der Waals surface area contributed by atoms with E-state index in [-0.39, 0.29) is 6.03 Å². The zero-order valence-corrected chi connectivity index (χ0v) is 8.86. The molecule has 16 heavy (non-hydrogen) atoms. The van der Waals surface area contributed by atoms with Crippen molar-refractivity contribution in [1.29, 1.82) is 5.26 Å². The third-order valence-electron chi connectivity index (χ3n) is 2.42. The lowest BCUT2D eigenvalue weighted by Gasteiger charge is -2.06. The zero-order valence-electron chi connectivity index (χ0n) is 8.86. The maximum Gasteiger partial charge on any atom is 0.315 e. The first-order chi connectivity index (χ1) is 7.78. The second-order valence-electron chi connectivity index (χ2n) is 3.91. The molecule has 2 amide bonds. The first-order valence-electron chi connectivity index (χ1n) is 5.31. The van der Waals surface area contributed by atoms with Gasteiger partial charge in [-0.2, -0.15) is 5.26 Å². The van der Waals surface area contributed by atoms with Crippen LogP contribution in [0.4, 0.5) is 4.79 Å². The fourth-order valence-corrected chi connectivity index (χ4v) is 1.40. The van der Waals surface area contributed by atoms with Crippen molar-refractivity contribution >= 4 is 6.03 Å². The molecular formula is C12H13N3O. The molecule has 4 heteroatoms. The Hall–Kier alpha value is -2.02. The molecule has 82 valence electrons. The van der Waals surface area contributed by atoms with E-state index in [9.17, 15) is 4.79 Å². The second-order valence-corrected chi connectivity index (χ2v) is 3.91. The molecular weight excluding hydrogens is 202 g/mol. The van der Waals surface area contributed by atoms with Crippen molar-refractivity contribution < 1.29 is 4.79 Å². The van der Waals surface area contributed by atoms with Crippen LogP contribution in [0.3, 0.4) is 0 Å². The van der Waals surface area contributed by atoms with Gasteiger partial charge < -0.3 is 10.6 Å². The summed E-state index contributed by atoms with van der Waals surface area (Å²) in [4.78, 5) is 11.3. The summed E-state index contributed by atoms with van der Waals surface area (Å²) < 4.78 is 0. The molecule has 0 radical (unpaired) electrons. The van der Waals surface area contributed by atoms with Gasteiger partial charge in [-0.25, -0.2) is 4.79 Å². The number of amides is 2. The molecule has 0 aliphatic heterocycles. The molecule has 4 nitrogen and oxygen atoms in total. The van der Waals surface area contributed by atoms with Crippen molar-refractivity contribution in [2.24, 2.45) is 0 Å². The predicted molar refractivity (Wildman–Crippen MR) is 59.6 cm³/mol. The highest BCUT2D eigenvalue weighted by Gasteiger charge is 2.22. The lowest BCUT2D eigenvalue weighted by Crippen LogP contribution is -2.36. The highest BCUT2D eigenvalue weighted by Crippen LogP contribution is 2.18. The van der Waals surface area contributed by atoms with Gasteiger partial charge in [0.15, 0.2) is 0 Å². The monoisotopic (exact) mass is 215 g/mol. The number of nitrogens with zero attached hydrogens (tertiary/aromatic N) is 1. The van der Waals surface area contributed by atoms with Gasteiger partial charge in [0.2, 0.25) is 0 Å². The van der Waals surface area contributed by atoms with Gasteiger partial charge in [0.1, 0.15) is 0 Å². The molecule has 0 saturated heterocycles. The molecule has 2 N–H and O–H groups in total. The number of rotatable bonds is 3. The highest BCUT2D eigenvalue weighted by atomic mass is 16.2. The summed E-state index contributed by atoms with van der Waals surface area (Å²) >= 11 is 0. The van der Waals surface area contributed by atoms with Gasteiger partial charge in [0, 0.05) is 12.6 Å². The molecule has 1 fully saturated rings. The fourth-order valence-electron chi connectivity index (χ4n) is 1.40. The molecule has 1 saturated carbocycles. The fraction of sp³-hybridized carbons (Fsp3) is 0.333. The van der Waals surface area contributed by atoms with Gasteiger partial charge in [0.05, 0.1) is 11.6 Å². The molecule has 1 aliphatic rings. The van der Waals surface area contributed by atoms with Gasteiger partial charge in [-0.05, 0) is 30.5 Å². The van der Waals surface area contributed by atoms with E-state index < -0.39 is 0 Å². The third-order valence-corrected chi connectivity index (χ3v) is 2.42. The predicted octanol–water partition coefficient (Wildman–Crippen LogP) is 1.52. The smallest absolute Gasteiger partial charge is 0.315 e. The van der Waals surface area contributed by atoms with Crippen molar-refractivity contribution in [3.05, 3.63) is 35.4 Å². The lowest BCUT2D eigenvalue weighted by atomic mass is 10.1. The minimum Gasteiger partial charge on any atom is -0.335 e. The number of nitrogens with one attached hydrogen (secondary N) is 2. The zero-order chi connectivity index (χ0) is 11.4. The van der Waals surface area contributed by atoms with Crippen LogP contribution < -0.4 is 10.6 Å². The number of benzene rings is 1. The average Bonchev–Trinajstić information content (AvgIpc) is 3.10. The lowest BCUT2D eigenvalue weighted by molar-refractivity contribution is 0.240. The average molecular weight is 215 g/mol. The Kier molecular flexibility index (Phi) is 3.06. The maximum absolute atomic E-state index is 11.3. The molecule has 2 rings (SSSR count).